The summed E-state index contributed by atoms with van der Waals surface area (Å²) in [5, 5.41) is 1.19. The second-order valence-electron chi connectivity index (χ2n) is 5.39. The molecule has 0 fully saturated rings. The predicted octanol–water partition coefficient (Wildman–Crippen LogP) is 4.46. The van der Waals surface area contributed by atoms with Crippen LogP contribution in [0.15, 0.2) is 40.8 Å². The average molecular weight is 268 g/mol. The molecular weight excluding hydrogens is 248 g/mol. The number of para-hydroxylation sites is 1. The zero-order valence-electron chi connectivity index (χ0n) is 12.4. The van der Waals surface area contributed by atoms with Crippen molar-refractivity contribution in [2.75, 3.05) is 5.43 Å². The minimum atomic E-state index is 0.118. The Hall–Kier alpha value is -2.16. The van der Waals surface area contributed by atoms with Gasteiger partial charge in [0.1, 0.15) is 11.3 Å². The Kier molecular flexibility index (Phi) is 3.05. The number of benzene rings is 1. The van der Waals surface area contributed by atoms with E-state index in [4.69, 9.17) is 4.42 Å². The molecule has 3 heteroatoms. The van der Waals surface area contributed by atoms with E-state index in [1.165, 1.54) is 22.3 Å². The lowest BCUT2D eigenvalue weighted by Crippen LogP contribution is -2.21. The molecule has 1 aromatic carbocycles. The van der Waals surface area contributed by atoms with Gasteiger partial charge in [-0.3, -0.25) is 4.68 Å². The lowest BCUT2D eigenvalue weighted by molar-refractivity contribution is 0.502. The van der Waals surface area contributed by atoms with Gasteiger partial charge in [0.15, 0.2) is 0 Å². The van der Waals surface area contributed by atoms with E-state index in [0.29, 0.717) is 0 Å². The number of nitrogens with one attached hydrogen (secondary N) is 1. The Morgan fingerprint density at radius 1 is 1.00 bits per heavy atom. The quantitative estimate of drug-likeness (QED) is 0.760. The van der Waals surface area contributed by atoms with Gasteiger partial charge in [-0.25, -0.2) is 0 Å². The highest BCUT2D eigenvalue weighted by Crippen LogP contribution is 2.29. The Morgan fingerprint density at radius 2 is 1.65 bits per heavy atom. The molecule has 0 saturated carbocycles. The van der Waals surface area contributed by atoms with E-state index in [1.54, 1.807) is 0 Å². The van der Waals surface area contributed by atoms with Crippen LogP contribution in [0.4, 0.5) is 0 Å². The highest BCUT2D eigenvalue weighted by atomic mass is 16.3. The van der Waals surface area contributed by atoms with Gasteiger partial charge in [-0.05, 0) is 45.9 Å². The van der Waals surface area contributed by atoms with Crippen LogP contribution in [0.3, 0.4) is 0 Å². The number of fused-ring (bicyclic) bond motifs is 1. The number of nitrogens with zero attached hydrogens (tertiary/aromatic N) is 1. The van der Waals surface area contributed by atoms with E-state index < -0.39 is 0 Å². The molecule has 0 spiro atoms. The average Bonchev–Trinajstić information content (AvgIpc) is 2.94. The maximum atomic E-state index is 6.01. The maximum Gasteiger partial charge on any atom is 0.134 e. The predicted molar refractivity (Wildman–Crippen MR) is 82.6 cm³/mol. The third-order valence-corrected chi connectivity index (χ3v) is 3.87. The van der Waals surface area contributed by atoms with Gasteiger partial charge in [-0.15, -0.1) is 0 Å². The first-order valence-corrected chi connectivity index (χ1v) is 6.97. The van der Waals surface area contributed by atoms with Crippen LogP contribution in [0.25, 0.3) is 11.0 Å². The zero-order valence-corrected chi connectivity index (χ0v) is 12.4. The number of furan rings is 1. The number of rotatable bonds is 3. The lowest BCUT2D eigenvalue weighted by Gasteiger charge is -2.18. The molecule has 2 heterocycles. The number of hydrogen-bond donors (Lipinski definition) is 1. The molecule has 1 unspecified atom stereocenters. The summed E-state index contributed by atoms with van der Waals surface area (Å²) in [5.41, 5.74) is 8.06. The number of aryl methyl sites for hydroxylation is 3. The van der Waals surface area contributed by atoms with E-state index >= 15 is 0 Å². The van der Waals surface area contributed by atoms with Crippen molar-refractivity contribution in [1.82, 2.24) is 4.68 Å². The van der Waals surface area contributed by atoms with Crippen molar-refractivity contribution >= 4 is 11.0 Å². The monoisotopic (exact) mass is 268 g/mol. The van der Waals surface area contributed by atoms with Gasteiger partial charge in [-0.2, -0.15) is 0 Å². The summed E-state index contributed by atoms with van der Waals surface area (Å²) in [7, 11) is 0. The SMILES string of the molecule is Cc1c(C(C)Nn2c(C)ccc2C)oc2ccccc12. The Balaban J connectivity index is 1.97. The second-order valence-corrected chi connectivity index (χ2v) is 5.39. The summed E-state index contributed by atoms with van der Waals surface area (Å²) in [5.74, 6) is 0.999. The minimum absolute atomic E-state index is 0.118. The molecule has 0 saturated heterocycles. The largest absolute Gasteiger partial charge is 0.459 e. The van der Waals surface area contributed by atoms with Crippen molar-refractivity contribution in [3.63, 3.8) is 0 Å². The van der Waals surface area contributed by atoms with Gasteiger partial charge in [0, 0.05) is 22.3 Å². The molecule has 3 rings (SSSR count). The van der Waals surface area contributed by atoms with Crippen LogP contribution >= 0.6 is 0 Å². The topological polar surface area (TPSA) is 30.1 Å². The van der Waals surface area contributed by atoms with Gasteiger partial charge in [0.2, 0.25) is 0 Å². The van der Waals surface area contributed by atoms with E-state index in [9.17, 15) is 0 Å². The maximum absolute atomic E-state index is 6.01. The second kappa shape index (κ2) is 4.75. The molecule has 0 aliphatic rings. The third kappa shape index (κ3) is 1.99. The molecule has 0 radical (unpaired) electrons. The summed E-state index contributed by atoms with van der Waals surface area (Å²) in [6.07, 6.45) is 0. The van der Waals surface area contributed by atoms with E-state index in [-0.39, 0.29) is 6.04 Å². The molecule has 2 aromatic heterocycles. The summed E-state index contributed by atoms with van der Waals surface area (Å²) in [6.45, 7) is 8.44. The molecule has 1 N–H and O–H groups in total. The Bertz CT molecular complexity index is 732. The van der Waals surface area contributed by atoms with E-state index in [1.807, 2.05) is 18.2 Å². The normalized spacial score (nSPS) is 12.8. The number of hydrogen-bond acceptors (Lipinski definition) is 2. The Labute approximate surface area is 119 Å². The fourth-order valence-corrected chi connectivity index (χ4v) is 2.73. The third-order valence-electron chi connectivity index (χ3n) is 3.87. The van der Waals surface area contributed by atoms with Gasteiger partial charge < -0.3 is 9.84 Å². The van der Waals surface area contributed by atoms with Crippen LogP contribution in [-0.4, -0.2) is 4.68 Å². The van der Waals surface area contributed by atoms with Crippen molar-refractivity contribution < 1.29 is 4.42 Å². The molecule has 104 valence electrons. The van der Waals surface area contributed by atoms with Crippen LogP contribution in [-0.2, 0) is 0 Å². The molecule has 1 atom stereocenters. The van der Waals surface area contributed by atoms with Crippen molar-refractivity contribution in [2.24, 2.45) is 0 Å². The lowest BCUT2D eigenvalue weighted by atomic mass is 10.1. The molecule has 0 aliphatic heterocycles. The van der Waals surface area contributed by atoms with E-state index in [0.717, 1.165) is 11.3 Å². The zero-order chi connectivity index (χ0) is 14.3. The molecule has 3 aromatic rings. The van der Waals surface area contributed by atoms with Crippen molar-refractivity contribution in [3.8, 4) is 0 Å². The molecule has 0 bridgehead atoms. The summed E-state index contributed by atoms with van der Waals surface area (Å²) >= 11 is 0. The van der Waals surface area contributed by atoms with E-state index in [2.05, 4.69) is 56.0 Å². The molecule has 0 aliphatic carbocycles. The van der Waals surface area contributed by atoms with Crippen LogP contribution in [0.1, 0.15) is 35.7 Å². The van der Waals surface area contributed by atoms with Crippen molar-refractivity contribution in [2.45, 2.75) is 33.7 Å². The van der Waals surface area contributed by atoms with Gasteiger partial charge in [-0.1, -0.05) is 18.2 Å². The van der Waals surface area contributed by atoms with Crippen molar-refractivity contribution in [1.29, 1.82) is 0 Å². The molecule has 3 nitrogen and oxygen atoms in total. The first kappa shape index (κ1) is 12.9. The van der Waals surface area contributed by atoms with Gasteiger partial charge in [0.05, 0.1) is 6.04 Å². The van der Waals surface area contributed by atoms with Crippen LogP contribution in [0, 0.1) is 20.8 Å². The number of aromatic nitrogens is 1. The highest BCUT2D eigenvalue weighted by molar-refractivity contribution is 5.82. The minimum Gasteiger partial charge on any atom is -0.459 e. The first-order chi connectivity index (χ1) is 9.58. The Morgan fingerprint density at radius 3 is 2.30 bits per heavy atom. The van der Waals surface area contributed by atoms with Crippen molar-refractivity contribution in [3.05, 3.63) is 59.1 Å². The smallest absolute Gasteiger partial charge is 0.134 e. The van der Waals surface area contributed by atoms with Gasteiger partial charge in [0.25, 0.3) is 0 Å². The fraction of sp³-hybridized carbons (Fsp3) is 0.294. The highest BCUT2D eigenvalue weighted by Gasteiger charge is 2.17. The first-order valence-electron chi connectivity index (χ1n) is 6.97. The molecular formula is C17H20N2O. The van der Waals surface area contributed by atoms with Gasteiger partial charge >= 0.3 is 0 Å². The van der Waals surface area contributed by atoms with Crippen LogP contribution < -0.4 is 5.43 Å². The van der Waals surface area contributed by atoms with Crippen LogP contribution in [0.2, 0.25) is 0 Å². The summed E-state index contributed by atoms with van der Waals surface area (Å²) < 4.78 is 8.12. The summed E-state index contributed by atoms with van der Waals surface area (Å²) in [4.78, 5) is 0. The summed E-state index contributed by atoms with van der Waals surface area (Å²) in [6, 6.07) is 12.5. The molecule has 0 amide bonds. The fourth-order valence-electron chi connectivity index (χ4n) is 2.73. The standard InChI is InChI=1S/C17H20N2O/c1-11-9-10-12(2)19(11)18-14(4)17-13(3)15-7-5-6-8-16(15)20-17/h5-10,14,18H,1-4H3. The van der Waals surface area contributed by atoms with Crippen LogP contribution in [0.5, 0.6) is 0 Å². The molecule has 20 heavy (non-hydrogen) atoms.